The number of amides is 2. The maximum absolute atomic E-state index is 13.6. The molecule has 0 aliphatic carbocycles. The molecule has 2 amide bonds. The number of alkyl halides is 3. The average molecular weight is 587 g/mol. The maximum Gasteiger partial charge on any atom is 0.416 e. The molecule has 4 rings (SSSR count). The predicted octanol–water partition coefficient (Wildman–Crippen LogP) is 6.02. The average Bonchev–Trinajstić information content (AvgIpc) is 2.98. The van der Waals surface area contributed by atoms with Crippen molar-refractivity contribution in [3.05, 3.63) is 87.9 Å². The molecule has 41 heavy (non-hydrogen) atoms. The second kappa shape index (κ2) is 13.0. The van der Waals surface area contributed by atoms with Crippen LogP contribution >= 0.6 is 11.6 Å². The molecule has 1 aliphatic heterocycles. The van der Waals surface area contributed by atoms with Crippen LogP contribution in [0.3, 0.4) is 0 Å². The van der Waals surface area contributed by atoms with E-state index in [2.05, 4.69) is 10.2 Å². The van der Waals surface area contributed by atoms with Crippen LogP contribution in [0.1, 0.15) is 52.1 Å². The number of hydrogen-bond acceptors (Lipinski definition) is 4. The van der Waals surface area contributed by atoms with Crippen LogP contribution in [-0.4, -0.2) is 55.5 Å². The highest BCUT2D eigenvalue weighted by Crippen LogP contribution is 2.36. The van der Waals surface area contributed by atoms with Gasteiger partial charge in [0, 0.05) is 38.8 Å². The van der Waals surface area contributed by atoms with Gasteiger partial charge in [0.1, 0.15) is 0 Å². The summed E-state index contributed by atoms with van der Waals surface area (Å²) in [6.45, 7) is 5.76. The van der Waals surface area contributed by atoms with Crippen LogP contribution in [0.4, 0.5) is 18.9 Å². The normalized spacial score (nSPS) is 15.6. The molecule has 1 atom stereocenters. The van der Waals surface area contributed by atoms with Crippen molar-refractivity contribution in [2.45, 2.75) is 38.9 Å². The van der Waals surface area contributed by atoms with Crippen molar-refractivity contribution in [1.82, 2.24) is 10.2 Å². The Morgan fingerprint density at radius 1 is 1.05 bits per heavy atom. The van der Waals surface area contributed by atoms with E-state index in [0.29, 0.717) is 51.1 Å². The molecule has 3 aromatic carbocycles. The summed E-state index contributed by atoms with van der Waals surface area (Å²) < 4.78 is 39.3. The highest BCUT2D eigenvalue weighted by Gasteiger charge is 2.35. The molecule has 1 saturated heterocycles. The third-order valence-corrected chi connectivity index (χ3v) is 7.78. The first-order valence-electron chi connectivity index (χ1n) is 13.7. The van der Waals surface area contributed by atoms with Crippen molar-refractivity contribution < 1.29 is 22.8 Å². The summed E-state index contributed by atoms with van der Waals surface area (Å²) in [4.78, 5) is 30.7. The van der Waals surface area contributed by atoms with Gasteiger partial charge in [-0.05, 0) is 53.8 Å². The number of rotatable bonds is 8. The van der Waals surface area contributed by atoms with E-state index in [4.69, 9.17) is 17.3 Å². The summed E-state index contributed by atoms with van der Waals surface area (Å²) in [6.07, 6.45) is -3.24. The van der Waals surface area contributed by atoms with E-state index in [1.165, 1.54) is 0 Å². The molecule has 0 bridgehead atoms. The van der Waals surface area contributed by atoms with E-state index in [0.717, 1.165) is 40.6 Å². The van der Waals surface area contributed by atoms with E-state index in [-0.39, 0.29) is 22.5 Å². The summed E-state index contributed by atoms with van der Waals surface area (Å²) in [6, 6.07) is 16.6. The van der Waals surface area contributed by atoms with E-state index >= 15 is 0 Å². The fourth-order valence-corrected chi connectivity index (χ4v) is 5.66. The van der Waals surface area contributed by atoms with Gasteiger partial charge in [-0.2, -0.15) is 13.2 Å². The number of anilines is 1. The van der Waals surface area contributed by atoms with Crippen molar-refractivity contribution in [2.75, 3.05) is 37.6 Å². The third kappa shape index (κ3) is 6.52. The minimum absolute atomic E-state index is 0.0327. The number of carbonyl (C=O) groups is 2. The van der Waals surface area contributed by atoms with Crippen molar-refractivity contribution in [3.8, 4) is 11.1 Å². The van der Waals surface area contributed by atoms with Gasteiger partial charge in [0.15, 0.2) is 0 Å². The third-order valence-electron chi connectivity index (χ3n) is 7.46. The zero-order chi connectivity index (χ0) is 29.7. The van der Waals surface area contributed by atoms with Gasteiger partial charge in [-0.25, -0.2) is 0 Å². The highest BCUT2D eigenvalue weighted by atomic mass is 35.5. The molecule has 1 aliphatic rings. The quantitative estimate of drug-likeness (QED) is 0.338. The van der Waals surface area contributed by atoms with Gasteiger partial charge in [-0.15, -0.1) is 0 Å². The Bertz CT molecular complexity index is 1400. The maximum atomic E-state index is 13.6. The summed E-state index contributed by atoms with van der Waals surface area (Å²) in [5.74, 6) is -0.624. The molecule has 0 radical (unpaired) electrons. The molecule has 0 spiro atoms. The van der Waals surface area contributed by atoms with Gasteiger partial charge in [-0.3, -0.25) is 9.59 Å². The van der Waals surface area contributed by atoms with Crippen molar-refractivity contribution in [2.24, 2.45) is 5.73 Å². The molecule has 1 fully saturated rings. The summed E-state index contributed by atoms with van der Waals surface area (Å²) in [7, 11) is 0. The van der Waals surface area contributed by atoms with Gasteiger partial charge >= 0.3 is 6.18 Å². The van der Waals surface area contributed by atoms with Crippen LogP contribution in [0, 0.1) is 0 Å². The zero-order valence-corrected chi connectivity index (χ0v) is 23.9. The second-order valence-corrected chi connectivity index (χ2v) is 10.4. The molecule has 3 N–H and O–H groups in total. The van der Waals surface area contributed by atoms with E-state index in [1.54, 1.807) is 4.90 Å². The number of hydrogen-bond donors (Lipinski definition) is 2. The molecule has 218 valence electrons. The molecular formula is C31H34ClF3N4O2. The van der Waals surface area contributed by atoms with Gasteiger partial charge in [0.25, 0.3) is 11.8 Å². The standard InChI is InChI=1S/C31H34ClF3N4O2/c1-3-22-19-38(30(41)25-11-10-21(18-26(25)32)31(33,34)35)16-17-39(22)27-13-12-24(20-8-6-5-7-9-20)23(4-2)28(27)29(40)37-15-14-36/h5-13,18,22H,3-4,14-17,19,36H2,1-2H3,(H,37,40)/t22-/m1/s1. The number of halogens is 4. The van der Waals surface area contributed by atoms with Crippen molar-refractivity contribution in [1.29, 1.82) is 0 Å². The Labute approximate surface area is 243 Å². The minimum Gasteiger partial charge on any atom is -0.364 e. The Morgan fingerprint density at radius 2 is 1.78 bits per heavy atom. The first kappa shape index (κ1) is 30.4. The van der Waals surface area contributed by atoms with Gasteiger partial charge < -0.3 is 20.9 Å². The van der Waals surface area contributed by atoms with Crippen molar-refractivity contribution in [3.63, 3.8) is 0 Å². The van der Waals surface area contributed by atoms with Gasteiger partial charge in [0.05, 0.1) is 27.4 Å². The molecule has 1 heterocycles. The lowest BCUT2D eigenvalue weighted by molar-refractivity contribution is -0.137. The molecular weight excluding hydrogens is 553 g/mol. The molecule has 3 aromatic rings. The summed E-state index contributed by atoms with van der Waals surface area (Å²) in [5, 5.41) is 2.70. The Morgan fingerprint density at radius 3 is 2.39 bits per heavy atom. The lowest BCUT2D eigenvalue weighted by atomic mass is 9.90. The van der Waals surface area contributed by atoms with Crippen molar-refractivity contribution >= 4 is 29.1 Å². The van der Waals surface area contributed by atoms with Crippen LogP contribution in [0.2, 0.25) is 5.02 Å². The molecule has 0 aromatic heterocycles. The zero-order valence-electron chi connectivity index (χ0n) is 23.1. The number of piperazine rings is 1. The first-order chi connectivity index (χ1) is 19.6. The summed E-state index contributed by atoms with van der Waals surface area (Å²) >= 11 is 6.13. The minimum atomic E-state index is -4.55. The van der Waals surface area contributed by atoms with Gasteiger partial charge in [-0.1, -0.05) is 61.8 Å². The number of benzene rings is 3. The van der Waals surface area contributed by atoms with Crippen LogP contribution in [0.5, 0.6) is 0 Å². The Balaban J connectivity index is 1.67. The number of nitrogens with one attached hydrogen (secondary N) is 1. The molecule has 0 unspecified atom stereocenters. The summed E-state index contributed by atoms with van der Waals surface area (Å²) in [5.41, 5.74) is 9.09. The second-order valence-electron chi connectivity index (χ2n) is 9.95. The van der Waals surface area contributed by atoms with Gasteiger partial charge in [0.2, 0.25) is 0 Å². The molecule has 0 saturated carbocycles. The fourth-order valence-electron chi connectivity index (χ4n) is 5.40. The van der Waals surface area contributed by atoms with Crippen LogP contribution in [0.25, 0.3) is 11.1 Å². The number of carbonyl (C=O) groups excluding carboxylic acids is 2. The smallest absolute Gasteiger partial charge is 0.364 e. The predicted molar refractivity (Wildman–Crippen MR) is 156 cm³/mol. The largest absolute Gasteiger partial charge is 0.416 e. The number of nitrogens with zero attached hydrogens (tertiary/aromatic N) is 2. The monoisotopic (exact) mass is 586 g/mol. The Hall–Kier alpha value is -3.56. The van der Waals surface area contributed by atoms with E-state index in [1.807, 2.05) is 56.3 Å². The first-order valence-corrected chi connectivity index (χ1v) is 14.1. The topological polar surface area (TPSA) is 78.7 Å². The molecule has 10 heteroatoms. The van der Waals surface area contributed by atoms with E-state index < -0.39 is 17.6 Å². The lowest BCUT2D eigenvalue weighted by Crippen LogP contribution is -2.55. The van der Waals surface area contributed by atoms with E-state index in [9.17, 15) is 22.8 Å². The lowest BCUT2D eigenvalue weighted by Gasteiger charge is -2.43. The highest BCUT2D eigenvalue weighted by molar-refractivity contribution is 6.33. The van der Waals surface area contributed by atoms with Crippen LogP contribution in [0.15, 0.2) is 60.7 Å². The SMILES string of the molecule is CCc1c(-c2ccccc2)ccc(N2CCN(C(=O)c3ccc(C(F)(F)F)cc3Cl)C[C@H]2CC)c1C(=O)NCCN. The van der Waals surface area contributed by atoms with Crippen LogP contribution < -0.4 is 16.0 Å². The molecule has 6 nitrogen and oxygen atoms in total. The fraction of sp³-hybridized carbons (Fsp3) is 0.355. The van der Waals surface area contributed by atoms with Crippen LogP contribution in [-0.2, 0) is 12.6 Å². The number of nitrogens with two attached hydrogens (primary N) is 1. The Kier molecular flexibility index (Phi) is 9.60.